The highest BCUT2D eigenvalue weighted by atomic mass is 32.2. The van der Waals surface area contributed by atoms with Crippen LogP contribution < -0.4 is 14.2 Å². The van der Waals surface area contributed by atoms with E-state index < -0.39 is 16.0 Å². The molecule has 1 aliphatic heterocycles. The molecule has 2 aromatic rings. The van der Waals surface area contributed by atoms with Crippen LogP contribution in [0.15, 0.2) is 47.4 Å². The van der Waals surface area contributed by atoms with Gasteiger partial charge >= 0.3 is 5.97 Å². The Morgan fingerprint density at radius 1 is 1.09 bits per heavy atom. The molecule has 0 bridgehead atoms. The molecule has 0 aromatic heterocycles. The first-order valence-electron chi connectivity index (χ1n) is 6.72. The van der Waals surface area contributed by atoms with Crippen LogP contribution >= 0.6 is 0 Å². The third-order valence-corrected chi connectivity index (χ3v) is 4.56. The van der Waals surface area contributed by atoms with E-state index in [2.05, 4.69) is 4.72 Å². The van der Waals surface area contributed by atoms with Crippen LogP contribution in [0.3, 0.4) is 0 Å². The number of nitrogens with one attached hydrogen (secondary N) is 1. The fourth-order valence-electron chi connectivity index (χ4n) is 2.15. The average Bonchev–Trinajstić information content (AvgIpc) is 2.55. The standard InChI is InChI=1S/C15H13NO6S/c17-15(18)10-3-1-4-11(9-10)23(19,20)16-12-5-2-6-13-14(12)22-8-7-21-13/h1-6,9,16H,7-8H2,(H,17,18). The van der Waals surface area contributed by atoms with Gasteiger partial charge in [0.15, 0.2) is 11.5 Å². The van der Waals surface area contributed by atoms with Gasteiger partial charge < -0.3 is 14.6 Å². The van der Waals surface area contributed by atoms with Crippen molar-refractivity contribution in [2.45, 2.75) is 4.90 Å². The molecule has 3 rings (SSSR count). The molecule has 0 radical (unpaired) electrons. The first-order chi connectivity index (χ1) is 11.0. The maximum Gasteiger partial charge on any atom is 0.335 e. The van der Waals surface area contributed by atoms with E-state index in [1.807, 2.05) is 0 Å². The van der Waals surface area contributed by atoms with Crippen molar-refractivity contribution in [3.05, 3.63) is 48.0 Å². The molecule has 0 amide bonds. The van der Waals surface area contributed by atoms with Crippen molar-refractivity contribution >= 4 is 21.7 Å². The fourth-order valence-corrected chi connectivity index (χ4v) is 3.26. The Morgan fingerprint density at radius 3 is 2.61 bits per heavy atom. The van der Waals surface area contributed by atoms with Crippen molar-refractivity contribution in [1.82, 2.24) is 0 Å². The van der Waals surface area contributed by atoms with E-state index in [4.69, 9.17) is 14.6 Å². The number of hydrogen-bond acceptors (Lipinski definition) is 5. The molecule has 23 heavy (non-hydrogen) atoms. The number of fused-ring (bicyclic) bond motifs is 1. The zero-order chi connectivity index (χ0) is 16.4. The number of hydrogen-bond donors (Lipinski definition) is 2. The predicted molar refractivity (Wildman–Crippen MR) is 81.6 cm³/mol. The minimum absolute atomic E-state index is 0.109. The zero-order valence-corrected chi connectivity index (χ0v) is 12.7. The number of carboxylic acid groups (broad SMARTS) is 1. The van der Waals surface area contributed by atoms with Gasteiger partial charge in [0, 0.05) is 0 Å². The number of sulfonamides is 1. The van der Waals surface area contributed by atoms with Crippen molar-refractivity contribution in [3.8, 4) is 11.5 Å². The number of ether oxygens (including phenoxy) is 2. The summed E-state index contributed by atoms with van der Waals surface area (Å²) in [5.74, 6) is -0.427. The fraction of sp³-hybridized carbons (Fsp3) is 0.133. The lowest BCUT2D eigenvalue weighted by molar-refractivity contribution is 0.0696. The molecule has 1 aliphatic rings. The molecule has 0 fully saturated rings. The van der Waals surface area contributed by atoms with Crippen LogP contribution in [0.1, 0.15) is 10.4 Å². The van der Waals surface area contributed by atoms with Crippen molar-refractivity contribution < 1.29 is 27.8 Å². The molecular weight excluding hydrogens is 322 g/mol. The van der Waals surface area contributed by atoms with E-state index in [9.17, 15) is 13.2 Å². The number of carbonyl (C=O) groups is 1. The molecule has 1 heterocycles. The van der Waals surface area contributed by atoms with E-state index in [0.717, 1.165) is 6.07 Å². The lowest BCUT2D eigenvalue weighted by atomic mass is 10.2. The summed E-state index contributed by atoms with van der Waals surface area (Å²) in [4.78, 5) is 10.8. The molecule has 0 unspecified atom stereocenters. The van der Waals surface area contributed by atoms with Gasteiger partial charge in [0.25, 0.3) is 10.0 Å². The Bertz CT molecular complexity index is 862. The van der Waals surface area contributed by atoms with Gasteiger partial charge in [-0.15, -0.1) is 0 Å². The highest BCUT2D eigenvalue weighted by molar-refractivity contribution is 7.92. The van der Waals surface area contributed by atoms with E-state index >= 15 is 0 Å². The summed E-state index contributed by atoms with van der Waals surface area (Å²) in [5.41, 5.74) is 0.130. The first-order valence-corrected chi connectivity index (χ1v) is 8.20. The summed E-state index contributed by atoms with van der Waals surface area (Å²) >= 11 is 0. The maximum absolute atomic E-state index is 12.5. The molecule has 8 heteroatoms. The van der Waals surface area contributed by atoms with E-state index in [-0.39, 0.29) is 16.1 Å². The Balaban J connectivity index is 1.96. The summed E-state index contributed by atoms with van der Waals surface area (Å²) in [7, 11) is -3.95. The molecule has 120 valence electrons. The second-order valence-corrected chi connectivity index (χ2v) is 6.45. The van der Waals surface area contributed by atoms with E-state index in [1.54, 1.807) is 18.2 Å². The quantitative estimate of drug-likeness (QED) is 0.885. The van der Waals surface area contributed by atoms with Gasteiger partial charge in [0.1, 0.15) is 13.2 Å². The first kappa shape index (κ1) is 15.2. The normalized spacial score (nSPS) is 13.4. The molecular formula is C15H13NO6S. The third-order valence-electron chi connectivity index (χ3n) is 3.20. The van der Waals surface area contributed by atoms with Gasteiger partial charge in [-0.2, -0.15) is 0 Å². The number of para-hydroxylation sites is 1. The lowest BCUT2D eigenvalue weighted by Crippen LogP contribution is -2.19. The maximum atomic E-state index is 12.5. The van der Waals surface area contributed by atoms with Crippen molar-refractivity contribution in [2.75, 3.05) is 17.9 Å². The summed E-state index contributed by atoms with van der Waals surface area (Å²) < 4.78 is 38.2. The van der Waals surface area contributed by atoms with Crippen LogP contribution in [0.4, 0.5) is 5.69 Å². The van der Waals surface area contributed by atoms with E-state index in [1.165, 1.54) is 18.2 Å². The molecule has 0 saturated heterocycles. The molecule has 0 atom stereocenters. The monoisotopic (exact) mass is 335 g/mol. The minimum Gasteiger partial charge on any atom is -0.486 e. The number of anilines is 1. The van der Waals surface area contributed by atoms with Crippen LogP contribution in [-0.4, -0.2) is 32.7 Å². The Morgan fingerprint density at radius 2 is 1.83 bits per heavy atom. The van der Waals surface area contributed by atoms with Gasteiger partial charge in [-0.05, 0) is 30.3 Å². The number of carboxylic acids is 1. The van der Waals surface area contributed by atoms with Crippen LogP contribution in [0.2, 0.25) is 0 Å². The Labute approximate surface area is 132 Å². The van der Waals surface area contributed by atoms with Gasteiger partial charge in [0.2, 0.25) is 0 Å². The third kappa shape index (κ3) is 3.07. The second-order valence-electron chi connectivity index (χ2n) is 4.77. The predicted octanol–water partition coefficient (Wildman–Crippen LogP) is 1.96. The summed E-state index contributed by atoms with van der Waals surface area (Å²) in [6.45, 7) is 0.712. The van der Waals surface area contributed by atoms with Crippen molar-refractivity contribution in [1.29, 1.82) is 0 Å². The van der Waals surface area contributed by atoms with Crippen LogP contribution in [0.5, 0.6) is 11.5 Å². The average molecular weight is 335 g/mol. The zero-order valence-electron chi connectivity index (χ0n) is 11.9. The van der Waals surface area contributed by atoms with Gasteiger partial charge in [-0.25, -0.2) is 13.2 Å². The molecule has 0 saturated carbocycles. The summed E-state index contributed by atoms with van der Waals surface area (Å²) in [5, 5.41) is 8.97. The van der Waals surface area contributed by atoms with Gasteiger partial charge in [0.05, 0.1) is 16.1 Å². The second kappa shape index (κ2) is 5.81. The topological polar surface area (TPSA) is 102 Å². The smallest absolute Gasteiger partial charge is 0.335 e. The lowest BCUT2D eigenvalue weighted by Gasteiger charge is -2.21. The molecule has 7 nitrogen and oxygen atoms in total. The number of rotatable bonds is 4. The molecule has 0 spiro atoms. The minimum atomic E-state index is -3.95. The van der Waals surface area contributed by atoms with Gasteiger partial charge in [-0.1, -0.05) is 12.1 Å². The van der Waals surface area contributed by atoms with E-state index in [0.29, 0.717) is 24.7 Å². The summed E-state index contributed by atoms with van der Waals surface area (Å²) in [6.07, 6.45) is 0. The molecule has 0 aliphatic carbocycles. The van der Waals surface area contributed by atoms with Crippen LogP contribution in [0, 0.1) is 0 Å². The number of benzene rings is 2. The van der Waals surface area contributed by atoms with Gasteiger partial charge in [-0.3, -0.25) is 4.72 Å². The Hall–Kier alpha value is -2.74. The SMILES string of the molecule is O=C(O)c1cccc(S(=O)(=O)Nc2cccc3c2OCCO3)c1. The molecule has 2 aromatic carbocycles. The highest BCUT2D eigenvalue weighted by Crippen LogP contribution is 2.38. The molecule has 2 N–H and O–H groups in total. The summed E-state index contributed by atoms with van der Waals surface area (Å²) in [6, 6.07) is 9.97. The van der Waals surface area contributed by atoms with Crippen LogP contribution in [-0.2, 0) is 10.0 Å². The van der Waals surface area contributed by atoms with Crippen LogP contribution in [0.25, 0.3) is 0 Å². The van der Waals surface area contributed by atoms with Crippen molar-refractivity contribution in [3.63, 3.8) is 0 Å². The Kier molecular flexibility index (Phi) is 3.83. The highest BCUT2D eigenvalue weighted by Gasteiger charge is 2.21. The number of aromatic carboxylic acids is 1. The van der Waals surface area contributed by atoms with Crippen molar-refractivity contribution in [2.24, 2.45) is 0 Å². The largest absolute Gasteiger partial charge is 0.486 e.